The van der Waals surface area contributed by atoms with Gasteiger partial charge in [-0.25, -0.2) is 4.79 Å². The van der Waals surface area contributed by atoms with Crippen molar-refractivity contribution >= 4 is 23.6 Å². The lowest BCUT2D eigenvalue weighted by Gasteiger charge is -2.07. The molecule has 0 radical (unpaired) electrons. The number of benzene rings is 2. The van der Waals surface area contributed by atoms with E-state index in [0.717, 1.165) is 5.56 Å². The molecule has 0 fully saturated rings. The first-order valence-corrected chi connectivity index (χ1v) is 7.16. The van der Waals surface area contributed by atoms with Crippen LogP contribution in [-0.4, -0.2) is 13.1 Å². The Hall–Kier alpha value is -2.77. The maximum absolute atomic E-state index is 12.2. The van der Waals surface area contributed by atoms with Crippen molar-refractivity contribution in [2.75, 3.05) is 7.11 Å². The molecule has 4 nitrogen and oxygen atoms in total. The highest BCUT2D eigenvalue weighted by molar-refractivity contribution is 6.31. The molecular weight excluding hydrogens is 314 g/mol. The smallest absolute Gasteiger partial charge is 0.354 e. The molecule has 0 heterocycles. The Balaban J connectivity index is 2.26. The minimum Gasteiger partial charge on any atom is -0.496 e. The first kappa shape index (κ1) is 16.6. The van der Waals surface area contributed by atoms with E-state index in [2.05, 4.69) is 0 Å². The fraction of sp³-hybridized carbons (Fsp3) is 0.111. The molecule has 0 spiro atoms. The Morgan fingerprint density at radius 2 is 2.00 bits per heavy atom. The Kier molecular flexibility index (Phi) is 5.40. The van der Waals surface area contributed by atoms with Gasteiger partial charge in [0, 0.05) is 10.6 Å². The van der Waals surface area contributed by atoms with Crippen molar-refractivity contribution in [3.8, 4) is 17.6 Å². The summed E-state index contributed by atoms with van der Waals surface area (Å²) < 4.78 is 10.4. The Bertz CT molecular complexity index is 806. The standard InChI is InChI=1S/C18H14ClNO3/c1-12-9-15(7-8-16(12)19)23-18(21)14(11-20)10-13-5-3-4-6-17(13)22-2/h3-10H,1-2H3/b14-10+. The van der Waals surface area contributed by atoms with Gasteiger partial charge in [-0.15, -0.1) is 0 Å². The van der Waals surface area contributed by atoms with Crippen molar-refractivity contribution in [2.24, 2.45) is 0 Å². The highest BCUT2D eigenvalue weighted by Crippen LogP contribution is 2.23. The number of nitrogens with zero attached hydrogens (tertiary/aromatic N) is 1. The van der Waals surface area contributed by atoms with E-state index in [4.69, 9.17) is 21.1 Å². The molecule has 0 aromatic heterocycles. The molecule has 116 valence electrons. The van der Waals surface area contributed by atoms with Crippen LogP contribution in [0.5, 0.6) is 11.5 Å². The number of methoxy groups -OCH3 is 1. The average Bonchev–Trinajstić information content (AvgIpc) is 2.56. The molecule has 0 aliphatic carbocycles. The quantitative estimate of drug-likeness (QED) is 0.366. The van der Waals surface area contributed by atoms with Crippen LogP contribution in [0, 0.1) is 18.3 Å². The van der Waals surface area contributed by atoms with Crippen LogP contribution in [0.3, 0.4) is 0 Å². The van der Waals surface area contributed by atoms with Crippen LogP contribution in [0.2, 0.25) is 5.02 Å². The van der Waals surface area contributed by atoms with Gasteiger partial charge in [0.15, 0.2) is 0 Å². The highest BCUT2D eigenvalue weighted by atomic mass is 35.5. The van der Waals surface area contributed by atoms with Crippen LogP contribution >= 0.6 is 11.6 Å². The van der Waals surface area contributed by atoms with Gasteiger partial charge in [0.05, 0.1) is 7.11 Å². The number of hydrogen-bond donors (Lipinski definition) is 0. The lowest BCUT2D eigenvalue weighted by molar-refractivity contribution is -0.129. The van der Waals surface area contributed by atoms with Crippen molar-refractivity contribution in [3.63, 3.8) is 0 Å². The Morgan fingerprint density at radius 1 is 1.26 bits per heavy atom. The molecular formula is C18H14ClNO3. The summed E-state index contributed by atoms with van der Waals surface area (Å²) in [5.41, 5.74) is 1.28. The zero-order chi connectivity index (χ0) is 16.8. The summed E-state index contributed by atoms with van der Waals surface area (Å²) in [6.07, 6.45) is 1.43. The maximum atomic E-state index is 12.2. The van der Waals surface area contributed by atoms with E-state index in [0.29, 0.717) is 22.1 Å². The summed E-state index contributed by atoms with van der Waals surface area (Å²) in [7, 11) is 1.52. The van der Waals surface area contributed by atoms with E-state index >= 15 is 0 Å². The number of para-hydroxylation sites is 1. The second kappa shape index (κ2) is 7.48. The van der Waals surface area contributed by atoms with Gasteiger partial charge in [-0.1, -0.05) is 29.8 Å². The van der Waals surface area contributed by atoms with Crippen LogP contribution in [-0.2, 0) is 4.79 Å². The molecule has 0 amide bonds. The number of rotatable bonds is 4. The fourth-order valence-corrected chi connectivity index (χ4v) is 2.04. The molecule has 0 N–H and O–H groups in total. The fourth-order valence-electron chi connectivity index (χ4n) is 1.92. The monoisotopic (exact) mass is 327 g/mol. The van der Waals surface area contributed by atoms with Crippen molar-refractivity contribution < 1.29 is 14.3 Å². The normalized spacial score (nSPS) is 10.8. The minimum absolute atomic E-state index is 0.123. The van der Waals surface area contributed by atoms with Crippen LogP contribution in [0.4, 0.5) is 0 Å². The van der Waals surface area contributed by atoms with Crippen molar-refractivity contribution in [2.45, 2.75) is 6.92 Å². The second-order valence-corrected chi connectivity index (χ2v) is 5.12. The molecule has 2 rings (SSSR count). The zero-order valence-corrected chi connectivity index (χ0v) is 13.4. The van der Waals surface area contributed by atoms with Gasteiger partial charge in [-0.05, 0) is 42.8 Å². The van der Waals surface area contributed by atoms with E-state index in [1.807, 2.05) is 6.07 Å². The van der Waals surface area contributed by atoms with Crippen LogP contribution < -0.4 is 9.47 Å². The lowest BCUT2D eigenvalue weighted by Crippen LogP contribution is -2.10. The van der Waals surface area contributed by atoms with Gasteiger partial charge in [-0.3, -0.25) is 0 Å². The zero-order valence-electron chi connectivity index (χ0n) is 12.7. The van der Waals surface area contributed by atoms with E-state index < -0.39 is 5.97 Å². The SMILES string of the molecule is COc1ccccc1/C=C(\C#N)C(=O)Oc1ccc(Cl)c(C)c1. The molecule has 0 aliphatic heterocycles. The number of ether oxygens (including phenoxy) is 2. The van der Waals surface area contributed by atoms with E-state index in [-0.39, 0.29) is 5.57 Å². The number of esters is 1. The van der Waals surface area contributed by atoms with E-state index in [1.54, 1.807) is 49.4 Å². The number of carbonyl (C=O) groups excluding carboxylic acids is 1. The summed E-state index contributed by atoms with van der Waals surface area (Å²) in [6.45, 7) is 1.80. The van der Waals surface area contributed by atoms with Crippen LogP contribution in [0.25, 0.3) is 6.08 Å². The third kappa shape index (κ3) is 4.12. The number of halogens is 1. The third-order valence-corrected chi connectivity index (χ3v) is 3.54. The second-order valence-electron chi connectivity index (χ2n) is 4.71. The van der Waals surface area contributed by atoms with Crippen molar-refractivity contribution in [3.05, 3.63) is 64.2 Å². The van der Waals surface area contributed by atoms with Crippen molar-refractivity contribution in [1.29, 1.82) is 5.26 Å². The molecule has 0 aliphatic rings. The van der Waals surface area contributed by atoms with Crippen LogP contribution in [0.15, 0.2) is 48.0 Å². The molecule has 0 unspecified atom stereocenters. The highest BCUT2D eigenvalue weighted by Gasteiger charge is 2.13. The largest absolute Gasteiger partial charge is 0.496 e. The molecule has 0 atom stereocenters. The van der Waals surface area contributed by atoms with Crippen LogP contribution in [0.1, 0.15) is 11.1 Å². The minimum atomic E-state index is -0.736. The first-order valence-electron chi connectivity index (χ1n) is 6.78. The molecule has 0 bridgehead atoms. The summed E-state index contributed by atoms with van der Waals surface area (Å²) in [4.78, 5) is 12.2. The van der Waals surface area contributed by atoms with Gasteiger partial charge >= 0.3 is 5.97 Å². The van der Waals surface area contributed by atoms with Gasteiger partial charge < -0.3 is 9.47 Å². The van der Waals surface area contributed by atoms with Gasteiger partial charge in [0.2, 0.25) is 0 Å². The number of nitriles is 1. The molecule has 0 saturated heterocycles. The topological polar surface area (TPSA) is 59.3 Å². The number of hydrogen-bond acceptors (Lipinski definition) is 4. The molecule has 0 saturated carbocycles. The average molecular weight is 328 g/mol. The summed E-state index contributed by atoms with van der Waals surface area (Å²) in [5, 5.41) is 9.80. The lowest BCUT2D eigenvalue weighted by atomic mass is 10.1. The van der Waals surface area contributed by atoms with Gasteiger partial charge in [0.1, 0.15) is 23.1 Å². The molecule has 2 aromatic carbocycles. The van der Waals surface area contributed by atoms with Gasteiger partial charge in [0.25, 0.3) is 0 Å². The number of aryl methyl sites for hydroxylation is 1. The van der Waals surface area contributed by atoms with E-state index in [1.165, 1.54) is 13.2 Å². The number of carbonyl (C=O) groups is 1. The summed E-state index contributed by atoms with van der Waals surface area (Å²) in [6, 6.07) is 13.8. The molecule has 5 heteroatoms. The molecule has 23 heavy (non-hydrogen) atoms. The first-order chi connectivity index (χ1) is 11.0. The van der Waals surface area contributed by atoms with Gasteiger partial charge in [-0.2, -0.15) is 5.26 Å². The van der Waals surface area contributed by atoms with E-state index in [9.17, 15) is 10.1 Å². The maximum Gasteiger partial charge on any atom is 0.354 e. The third-order valence-electron chi connectivity index (χ3n) is 3.12. The Morgan fingerprint density at radius 3 is 2.65 bits per heavy atom. The predicted molar refractivity (Wildman–Crippen MR) is 88.4 cm³/mol. The predicted octanol–water partition coefficient (Wildman–Crippen LogP) is 4.17. The van der Waals surface area contributed by atoms with Crippen molar-refractivity contribution in [1.82, 2.24) is 0 Å². The summed E-state index contributed by atoms with van der Waals surface area (Å²) in [5.74, 6) is 0.161. The Labute approximate surface area is 139 Å². The summed E-state index contributed by atoms with van der Waals surface area (Å²) >= 11 is 5.93. The molecule has 2 aromatic rings.